The fourth-order valence-electron chi connectivity index (χ4n) is 3.42. The number of hydrogen-bond acceptors (Lipinski definition) is 6. The lowest BCUT2D eigenvalue weighted by molar-refractivity contribution is -0.149. The Morgan fingerprint density at radius 2 is 1.53 bits per heavy atom. The third-order valence-corrected chi connectivity index (χ3v) is 5.48. The molecular formula is C28H38N2O4. The second kappa shape index (κ2) is 12.3. The molecule has 0 radical (unpaired) electrons. The van der Waals surface area contributed by atoms with Crippen LogP contribution < -0.4 is 11.1 Å². The first-order chi connectivity index (χ1) is 16.0. The number of carbonyl (C=O) groups is 1. The summed E-state index contributed by atoms with van der Waals surface area (Å²) in [6.07, 6.45) is 0.770. The van der Waals surface area contributed by atoms with E-state index in [-0.39, 0.29) is 35.3 Å². The molecule has 5 N–H and O–H groups in total. The van der Waals surface area contributed by atoms with Crippen molar-refractivity contribution in [2.75, 3.05) is 13.2 Å². The van der Waals surface area contributed by atoms with Gasteiger partial charge in [-0.25, -0.2) is 0 Å². The molecule has 0 aliphatic carbocycles. The zero-order chi connectivity index (χ0) is 25.4. The molecule has 184 valence electrons. The van der Waals surface area contributed by atoms with Crippen LogP contribution in [0.15, 0.2) is 60.8 Å². The Kier molecular flexibility index (Phi) is 9.75. The summed E-state index contributed by atoms with van der Waals surface area (Å²) in [4.78, 5) is 12.3. The maximum absolute atomic E-state index is 12.3. The Balaban J connectivity index is 2.19. The van der Waals surface area contributed by atoms with Gasteiger partial charge in [0.15, 0.2) is 0 Å². The number of phenols is 2. The molecule has 6 heteroatoms. The molecule has 0 bridgehead atoms. The van der Waals surface area contributed by atoms with Crippen LogP contribution in [-0.2, 0) is 22.4 Å². The highest BCUT2D eigenvalue weighted by molar-refractivity contribution is 5.73. The van der Waals surface area contributed by atoms with Crippen LogP contribution in [0.25, 0.3) is 11.1 Å². The van der Waals surface area contributed by atoms with Gasteiger partial charge >= 0.3 is 5.97 Å². The Morgan fingerprint density at radius 1 is 1.00 bits per heavy atom. The molecule has 0 heterocycles. The average Bonchev–Trinajstić information content (AvgIpc) is 2.78. The lowest BCUT2D eigenvalue weighted by atomic mass is 9.94. The van der Waals surface area contributed by atoms with Crippen molar-refractivity contribution < 1.29 is 19.7 Å². The summed E-state index contributed by atoms with van der Waals surface area (Å²) in [6, 6.07) is 10.3. The van der Waals surface area contributed by atoms with Crippen LogP contribution >= 0.6 is 0 Å². The average molecular weight is 467 g/mol. The van der Waals surface area contributed by atoms with Gasteiger partial charge in [-0.15, -0.1) is 0 Å². The second-order valence-corrected chi connectivity index (χ2v) is 9.46. The quantitative estimate of drug-likeness (QED) is 0.267. The van der Waals surface area contributed by atoms with Crippen LogP contribution in [0.2, 0.25) is 0 Å². The summed E-state index contributed by atoms with van der Waals surface area (Å²) >= 11 is 0. The van der Waals surface area contributed by atoms with Crippen molar-refractivity contribution in [2.45, 2.75) is 46.6 Å². The lowest BCUT2D eigenvalue weighted by Gasteiger charge is -2.18. The third kappa shape index (κ3) is 7.96. The summed E-state index contributed by atoms with van der Waals surface area (Å²) < 4.78 is 5.33. The van der Waals surface area contributed by atoms with Gasteiger partial charge in [-0.2, -0.15) is 0 Å². The van der Waals surface area contributed by atoms with E-state index >= 15 is 0 Å². The standard InChI is InChI=1S/C28H38N2O4/c1-17(2)15-30-20(6)25(29)14-24-13-22(8-10-27(24)32)21-7-9-26(31)23(12-21)11-19(5)28(33)34-16-18(3)4/h7-10,12-13,18-19,25,30-32H,1,6,11,14-16,29H2,2-5H3. The van der Waals surface area contributed by atoms with Crippen LogP contribution in [0.5, 0.6) is 11.5 Å². The van der Waals surface area contributed by atoms with Crippen molar-refractivity contribution in [3.05, 3.63) is 72.0 Å². The summed E-state index contributed by atoms with van der Waals surface area (Å²) in [5, 5.41) is 23.9. The van der Waals surface area contributed by atoms with Crippen molar-refractivity contribution in [1.29, 1.82) is 0 Å². The van der Waals surface area contributed by atoms with E-state index in [1.54, 1.807) is 19.1 Å². The minimum Gasteiger partial charge on any atom is -0.508 e. The summed E-state index contributed by atoms with van der Waals surface area (Å²) in [6.45, 7) is 16.5. The maximum atomic E-state index is 12.3. The summed E-state index contributed by atoms with van der Waals surface area (Å²) in [7, 11) is 0. The highest BCUT2D eigenvalue weighted by Crippen LogP contribution is 2.31. The minimum atomic E-state index is -0.383. The smallest absolute Gasteiger partial charge is 0.308 e. The number of nitrogens with two attached hydrogens (primary N) is 1. The topological polar surface area (TPSA) is 105 Å². The van der Waals surface area contributed by atoms with Gasteiger partial charge in [-0.3, -0.25) is 4.79 Å². The van der Waals surface area contributed by atoms with E-state index in [0.29, 0.717) is 42.8 Å². The zero-order valence-electron chi connectivity index (χ0n) is 20.7. The number of ether oxygens (including phenoxy) is 1. The predicted molar refractivity (Wildman–Crippen MR) is 138 cm³/mol. The highest BCUT2D eigenvalue weighted by atomic mass is 16.5. The lowest BCUT2D eigenvalue weighted by Crippen LogP contribution is -2.33. The molecule has 0 saturated heterocycles. The molecule has 2 aromatic rings. The van der Waals surface area contributed by atoms with E-state index in [2.05, 4.69) is 18.5 Å². The van der Waals surface area contributed by atoms with Gasteiger partial charge in [-0.1, -0.05) is 51.6 Å². The van der Waals surface area contributed by atoms with Crippen molar-refractivity contribution in [1.82, 2.24) is 5.32 Å². The van der Waals surface area contributed by atoms with Crippen LogP contribution in [0.4, 0.5) is 0 Å². The van der Waals surface area contributed by atoms with Gasteiger partial charge in [0.25, 0.3) is 0 Å². The van der Waals surface area contributed by atoms with E-state index < -0.39 is 0 Å². The monoisotopic (exact) mass is 466 g/mol. The van der Waals surface area contributed by atoms with Gasteiger partial charge in [-0.05, 0) is 72.2 Å². The van der Waals surface area contributed by atoms with E-state index in [1.165, 1.54) is 0 Å². The van der Waals surface area contributed by atoms with E-state index in [9.17, 15) is 15.0 Å². The summed E-state index contributed by atoms with van der Waals surface area (Å²) in [5.41, 5.74) is 11.0. The molecule has 0 aliphatic rings. The fraction of sp³-hybridized carbons (Fsp3) is 0.393. The first-order valence-electron chi connectivity index (χ1n) is 11.6. The number of nitrogens with one attached hydrogen (secondary N) is 1. The van der Waals surface area contributed by atoms with Crippen molar-refractivity contribution in [3.8, 4) is 22.6 Å². The molecule has 0 saturated carbocycles. The van der Waals surface area contributed by atoms with Crippen LogP contribution in [0.3, 0.4) is 0 Å². The number of aromatic hydroxyl groups is 2. The summed E-state index contributed by atoms with van der Waals surface area (Å²) in [5.74, 6) is -0.102. The van der Waals surface area contributed by atoms with Gasteiger partial charge in [0.1, 0.15) is 11.5 Å². The van der Waals surface area contributed by atoms with Crippen LogP contribution in [-0.4, -0.2) is 35.4 Å². The van der Waals surface area contributed by atoms with Crippen molar-refractivity contribution in [3.63, 3.8) is 0 Å². The van der Waals surface area contributed by atoms with Crippen LogP contribution in [0, 0.1) is 11.8 Å². The first-order valence-corrected chi connectivity index (χ1v) is 11.6. The molecule has 0 amide bonds. The van der Waals surface area contributed by atoms with Crippen molar-refractivity contribution >= 4 is 5.97 Å². The number of carbonyl (C=O) groups excluding carboxylic acids is 1. The van der Waals surface area contributed by atoms with Gasteiger partial charge in [0.05, 0.1) is 12.5 Å². The molecule has 6 nitrogen and oxygen atoms in total. The van der Waals surface area contributed by atoms with Crippen LogP contribution in [0.1, 0.15) is 38.8 Å². The molecule has 0 fully saturated rings. The van der Waals surface area contributed by atoms with E-state index in [1.807, 2.05) is 45.0 Å². The number of rotatable bonds is 12. The molecule has 2 atom stereocenters. The second-order valence-electron chi connectivity index (χ2n) is 9.46. The number of benzene rings is 2. The Labute approximate surface area is 203 Å². The number of hydrogen-bond donors (Lipinski definition) is 4. The molecule has 0 spiro atoms. The SMILES string of the molecule is C=C(C)CNC(=C)C(N)Cc1cc(-c2ccc(O)c(CC(C)C(=O)OCC(C)C)c2)ccc1O. The number of esters is 1. The minimum absolute atomic E-state index is 0.133. The van der Waals surface area contributed by atoms with Gasteiger partial charge in [0, 0.05) is 18.3 Å². The zero-order valence-corrected chi connectivity index (χ0v) is 20.7. The Morgan fingerprint density at radius 3 is 2.03 bits per heavy atom. The Hall–Kier alpha value is -3.25. The molecule has 0 aliphatic heterocycles. The first kappa shape index (κ1) is 27.0. The largest absolute Gasteiger partial charge is 0.508 e. The highest BCUT2D eigenvalue weighted by Gasteiger charge is 2.18. The van der Waals surface area contributed by atoms with E-state index in [4.69, 9.17) is 10.5 Å². The number of phenolic OH excluding ortho intramolecular Hbond substituents is 2. The predicted octanol–water partition coefficient (Wildman–Crippen LogP) is 4.69. The maximum Gasteiger partial charge on any atom is 0.308 e. The Bertz CT molecular complexity index is 1030. The fourth-order valence-corrected chi connectivity index (χ4v) is 3.42. The molecule has 2 rings (SSSR count). The molecule has 0 aromatic heterocycles. The van der Waals surface area contributed by atoms with Gasteiger partial charge in [0.2, 0.25) is 0 Å². The van der Waals surface area contributed by atoms with Gasteiger partial charge < -0.3 is 26.0 Å². The molecule has 2 aromatic carbocycles. The van der Waals surface area contributed by atoms with Crippen molar-refractivity contribution in [2.24, 2.45) is 17.6 Å². The normalized spacial score (nSPS) is 12.8. The molecular weight excluding hydrogens is 428 g/mol. The third-order valence-electron chi connectivity index (χ3n) is 5.48. The van der Waals surface area contributed by atoms with E-state index in [0.717, 1.165) is 16.7 Å². The molecule has 34 heavy (non-hydrogen) atoms. The molecule has 2 unspecified atom stereocenters.